The maximum absolute atomic E-state index is 17.5. The summed E-state index contributed by atoms with van der Waals surface area (Å²) in [5.74, 6) is -0.454. The van der Waals surface area contributed by atoms with Gasteiger partial charge in [0, 0.05) is 18.3 Å². The second kappa shape index (κ2) is 6.88. The smallest absolute Gasteiger partial charge is 0.303 e. The van der Waals surface area contributed by atoms with E-state index in [1.807, 2.05) is 30.4 Å². The van der Waals surface area contributed by atoms with Crippen molar-refractivity contribution >= 4 is 35.3 Å². The minimum atomic E-state index is -1.70. The molecule has 0 heterocycles. The quantitative estimate of drug-likeness (QED) is 0.439. The monoisotopic (exact) mass is 438 g/mol. The van der Waals surface area contributed by atoms with Crippen molar-refractivity contribution in [3.05, 3.63) is 23.8 Å². The van der Waals surface area contributed by atoms with Gasteiger partial charge in [0.1, 0.15) is 6.10 Å². The number of hydrogen-bond donors (Lipinski definition) is 0. The molecule has 0 aromatic carbocycles. The topological polar surface area (TPSA) is 43.4 Å². The number of fused-ring (bicyclic) bond motifs is 5. The highest BCUT2D eigenvalue weighted by Gasteiger charge is 2.74. The van der Waals surface area contributed by atoms with E-state index in [0.717, 1.165) is 24.8 Å². The number of thioether (sulfide) groups is 2. The summed E-state index contributed by atoms with van der Waals surface area (Å²) in [4.78, 5) is 24.1. The second-order valence-corrected chi connectivity index (χ2v) is 12.0. The Labute approximate surface area is 181 Å². The molecule has 0 amide bonds. The van der Waals surface area contributed by atoms with Gasteiger partial charge in [-0.05, 0) is 75.0 Å². The first-order chi connectivity index (χ1) is 13.6. The molecule has 4 rings (SSSR count). The summed E-state index contributed by atoms with van der Waals surface area (Å²) in [6, 6.07) is 0. The Bertz CT molecular complexity index is 804. The largest absolute Gasteiger partial charge is 0.459 e. The molecule has 6 heteroatoms. The van der Waals surface area contributed by atoms with Crippen LogP contribution in [0.3, 0.4) is 0 Å². The number of hydrogen-bond acceptors (Lipinski definition) is 5. The molecule has 0 bridgehead atoms. The van der Waals surface area contributed by atoms with E-state index in [4.69, 9.17) is 4.74 Å². The molecule has 0 aromatic heterocycles. The van der Waals surface area contributed by atoms with Crippen LogP contribution in [0, 0.1) is 22.7 Å². The summed E-state index contributed by atoms with van der Waals surface area (Å²) in [5, 5.41) is 0. The Balaban J connectivity index is 1.87. The molecule has 1 unspecified atom stereocenters. The molecule has 3 nitrogen and oxygen atoms in total. The summed E-state index contributed by atoms with van der Waals surface area (Å²) in [7, 11) is 0. The van der Waals surface area contributed by atoms with Crippen molar-refractivity contribution in [3.8, 4) is 0 Å². The minimum Gasteiger partial charge on any atom is -0.459 e. The molecule has 0 aliphatic heterocycles. The number of allylic oxidation sites excluding steroid dienone is 4. The van der Waals surface area contributed by atoms with Crippen LogP contribution < -0.4 is 0 Å². The fourth-order valence-electron chi connectivity index (χ4n) is 7.20. The normalized spacial score (nSPS) is 45.1. The molecule has 6 atom stereocenters. The lowest BCUT2D eigenvalue weighted by atomic mass is 9.46. The van der Waals surface area contributed by atoms with E-state index < -0.39 is 23.2 Å². The van der Waals surface area contributed by atoms with Crippen LogP contribution in [0.1, 0.15) is 52.9 Å². The number of alkyl halides is 1. The highest BCUT2D eigenvalue weighted by Crippen LogP contribution is 2.73. The van der Waals surface area contributed by atoms with Gasteiger partial charge in [0.05, 0.1) is 4.08 Å². The van der Waals surface area contributed by atoms with E-state index in [0.29, 0.717) is 12.8 Å². The Morgan fingerprint density at radius 1 is 1.21 bits per heavy atom. The van der Waals surface area contributed by atoms with Gasteiger partial charge < -0.3 is 4.74 Å². The molecule has 0 N–H and O–H groups in total. The van der Waals surface area contributed by atoms with Crippen molar-refractivity contribution in [3.63, 3.8) is 0 Å². The molecule has 0 saturated heterocycles. The number of carbonyl (C=O) groups is 2. The molecule has 4 aliphatic carbocycles. The predicted molar refractivity (Wildman–Crippen MR) is 118 cm³/mol. The number of carbonyl (C=O) groups excluding carboxylic acids is 2. The summed E-state index contributed by atoms with van der Waals surface area (Å²) < 4.78 is 23.3. The van der Waals surface area contributed by atoms with E-state index in [9.17, 15) is 9.59 Å². The molecule has 160 valence electrons. The molecule has 0 spiro atoms. The molecule has 0 aromatic rings. The van der Waals surface area contributed by atoms with Gasteiger partial charge in [-0.1, -0.05) is 18.6 Å². The lowest BCUT2D eigenvalue weighted by Gasteiger charge is -2.63. The molecule has 3 fully saturated rings. The van der Waals surface area contributed by atoms with Crippen molar-refractivity contribution in [1.82, 2.24) is 0 Å². The zero-order chi connectivity index (χ0) is 21.2. The van der Waals surface area contributed by atoms with Crippen LogP contribution in [0.2, 0.25) is 0 Å². The van der Waals surface area contributed by atoms with Crippen LogP contribution in [0.5, 0.6) is 0 Å². The first-order valence-corrected chi connectivity index (χ1v) is 12.9. The Morgan fingerprint density at radius 2 is 1.90 bits per heavy atom. The number of halogens is 1. The SMILES string of the molecule is CSC1(SC)CC[C@H]2[C@@H]3CCC4=CC(=O)C=C[C@]4(C)[C@@]3(F)C(OC(C)=O)C[C@@]21C. The summed E-state index contributed by atoms with van der Waals surface area (Å²) in [6.07, 6.45) is 12.4. The first-order valence-electron chi connectivity index (χ1n) is 10.5. The van der Waals surface area contributed by atoms with Crippen molar-refractivity contribution in [2.45, 2.75) is 68.7 Å². The van der Waals surface area contributed by atoms with Gasteiger partial charge in [-0.15, -0.1) is 23.5 Å². The number of rotatable bonds is 3. The van der Waals surface area contributed by atoms with E-state index >= 15 is 4.39 Å². The molecule has 0 radical (unpaired) electrons. The van der Waals surface area contributed by atoms with Crippen molar-refractivity contribution in [2.75, 3.05) is 12.5 Å². The van der Waals surface area contributed by atoms with E-state index in [-0.39, 0.29) is 27.1 Å². The van der Waals surface area contributed by atoms with Gasteiger partial charge in [-0.25, -0.2) is 4.39 Å². The third kappa shape index (κ3) is 2.63. The summed E-state index contributed by atoms with van der Waals surface area (Å²) in [5.41, 5.74) is -1.87. The van der Waals surface area contributed by atoms with Crippen LogP contribution in [0.15, 0.2) is 23.8 Å². The van der Waals surface area contributed by atoms with Gasteiger partial charge in [0.25, 0.3) is 0 Å². The van der Waals surface area contributed by atoms with Crippen molar-refractivity contribution < 1.29 is 18.7 Å². The van der Waals surface area contributed by atoms with Crippen LogP contribution in [-0.2, 0) is 14.3 Å². The first kappa shape index (κ1) is 21.5. The Kier molecular flexibility index (Phi) is 5.09. The maximum Gasteiger partial charge on any atom is 0.303 e. The van der Waals surface area contributed by atoms with Crippen LogP contribution in [0.4, 0.5) is 4.39 Å². The fourth-order valence-corrected chi connectivity index (χ4v) is 9.92. The maximum atomic E-state index is 17.5. The summed E-state index contributed by atoms with van der Waals surface area (Å²) in [6.45, 7) is 5.57. The van der Waals surface area contributed by atoms with Crippen LogP contribution >= 0.6 is 23.5 Å². The van der Waals surface area contributed by atoms with E-state index in [1.54, 1.807) is 12.2 Å². The predicted octanol–water partition coefficient (Wildman–Crippen LogP) is 5.35. The number of ketones is 1. The third-order valence-electron chi connectivity index (χ3n) is 8.63. The molecule has 4 aliphatic rings. The van der Waals surface area contributed by atoms with Gasteiger partial charge in [-0.2, -0.15) is 0 Å². The molecular weight excluding hydrogens is 407 g/mol. The van der Waals surface area contributed by atoms with Crippen molar-refractivity contribution in [1.29, 1.82) is 0 Å². The fraction of sp³-hybridized carbons (Fsp3) is 0.739. The Morgan fingerprint density at radius 3 is 2.52 bits per heavy atom. The van der Waals surface area contributed by atoms with Crippen molar-refractivity contribution in [2.24, 2.45) is 22.7 Å². The summed E-state index contributed by atoms with van der Waals surface area (Å²) >= 11 is 3.75. The number of ether oxygens (including phenoxy) is 1. The minimum absolute atomic E-state index is 0.00673. The second-order valence-electron chi connectivity index (χ2n) is 9.55. The van der Waals surface area contributed by atoms with Gasteiger partial charge in [0.15, 0.2) is 11.5 Å². The van der Waals surface area contributed by atoms with Gasteiger partial charge >= 0.3 is 5.97 Å². The lowest BCUT2D eigenvalue weighted by molar-refractivity contribution is -0.209. The lowest BCUT2D eigenvalue weighted by Crippen LogP contribution is -2.68. The van der Waals surface area contributed by atoms with Gasteiger partial charge in [0.2, 0.25) is 0 Å². The Hall–Kier alpha value is -0.750. The van der Waals surface area contributed by atoms with Crippen LogP contribution in [0.25, 0.3) is 0 Å². The van der Waals surface area contributed by atoms with E-state index in [1.165, 1.54) is 13.0 Å². The van der Waals surface area contributed by atoms with Gasteiger partial charge in [-0.3, -0.25) is 9.59 Å². The van der Waals surface area contributed by atoms with E-state index in [2.05, 4.69) is 19.4 Å². The highest BCUT2D eigenvalue weighted by molar-refractivity contribution is 8.17. The third-order valence-corrected chi connectivity index (χ3v) is 12.3. The number of esters is 1. The standard InChI is InChI=1S/C23H31FO3S2/c1-14(25)27-19-13-21(3)17(9-11-22(21,28-4)29-5)18-7-6-15-12-16(26)8-10-20(15,2)23(18,19)24/h8,10,12,17-19H,6-7,9,11,13H2,1-5H3/t17-,18-,19?,20-,21-,23-/m0/s1. The highest BCUT2D eigenvalue weighted by atomic mass is 32.2. The average molecular weight is 439 g/mol. The zero-order valence-corrected chi connectivity index (χ0v) is 19.6. The zero-order valence-electron chi connectivity index (χ0n) is 17.9. The molecular formula is C23H31FO3S2. The average Bonchev–Trinajstić information content (AvgIpc) is 2.95. The molecule has 3 saturated carbocycles. The van der Waals surface area contributed by atoms with Crippen LogP contribution in [-0.4, -0.2) is 40.1 Å². The molecule has 29 heavy (non-hydrogen) atoms.